The minimum absolute atomic E-state index is 0.126. The Morgan fingerprint density at radius 3 is 2.30 bits per heavy atom. The van der Waals surface area contributed by atoms with Crippen molar-refractivity contribution in [3.05, 3.63) is 46.4 Å². The molecule has 1 aliphatic rings. The SMILES string of the molecule is Cc1cc(C)c(Nc2cc(C(=O)NC3CC3)nc(C)n2)c(C)c1. The summed E-state index contributed by atoms with van der Waals surface area (Å²) in [6.45, 7) is 8.01. The number of aryl methyl sites for hydroxylation is 4. The van der Waals surface area contributed by atoms with Crippen molar-refractivity contribution in [2.75, 3.05) is 5.32 Å². The van der Waals surface area contributed by atoms with Gasteiger partial charge in [-0.1, -0.05) is 17.7 Å². The van der Waals surface area contributed by atoms with Crippen LogP contribution >= 0.6 is 0 Å². The van der Waals surface area contributed by atoms with Crippen molar-refractivity contribution >= 4 is 17.4 Å². The highest BCUT2D eigenvalue weighted by Gasteiger charge is 2.24. The predicted molar refractivity (Wildman–Crippen MR) is 91.2 cm³/mol. The molecule has 5 heteroatoms. The van der Waals surface area contributed by atoms with Crippen LogP contribution in [-0.4, -0.2) is 21.9 Å². The van der Waals surface area contributed by atoms with Gasteiger partial charge in [0.1, 0.15) is 17.3 Å². The third-order valence-electron chi connectivity index (χ3n) is 3.91. The molecular formula is C18H22N4O. The second kappa shape index (κ2) is 5.99. The summed E-state index contributed by atoms with van der Waals surface area (Å²) in [6.07, 6.45) is 2.12. The van der Waals surface area contributed by atoms with Crippen LogP contribution in [0.5, 0.6) is 0 Å². The van der Waals surface area contributed by atoms with Crippen molar-refractivity contribution in [2.45, 2.75) is 46.6 Å². The highest BCUT2D eigenvalue weighted by atomic mass is 16.2. The lowest BCUT2D eigenvalue weighted by Crippen LogP contribution is -2.26. The fraction of sp³-hybridized carbons (Fsp3) is 0.389. The fourth-order valence-corrected chi connectivity index (χ4v) is 2.74. The summed E-state index contributed by atoms with van der Waals surface area (Å²) in [5.41, 5.74) is 4.98. The summed E-state index contributed by atoms with van der Waals surface area (Å²) in [7, 11) is 0. The van der Waals surface area contributed by atoms with E-state index in [1.807, 2.05) is 0 Å². The average molecular weight is 310 g/mol. The third kappa shape index (κ3) is 3.67. The number of carbonyl (C=O) groups is 1. The molecule has 3 rings (SSSR count). The molecule has 0 radical (unpaired) electrons. The Bertz CT molecular complexity index is 743. The van der Waals surface area contributed by atoms with E-state index < -0.39 is 0 Å². The lowest BCUT2D eigenvalue weighted by molar-refractivity contribution is 0.0945. The third-order valence-corrected chi connectivity index (χ3v) is 3.91. The van der Waals surface area contributed by atoms with Gasteiger partial charge in [0.25, 0.3) is 5.91 Å². The Morgan fingerprint density at radius 2 is 1.70 bits per heavy atom. The number of benzene rings is 1. The lowest BCUT2D eigenvalue weighted by Gasteiger charge is -2.14. The van der Waals surface area contributed by atoms with Crippen LogP contribution in [0.3, 0.4) is 0 Å². The fourth-order valence-electron chi connectivity index (χ4n) is 2.74. The maximum atomic E-state index is 12.2. The summed E-state index contributed by atoms with van der Waals surface area (Å²) in [5.74, 6) is 1.10. The smallest absolute Gasteiger partial charge is 0.270 e. The van der Waals surface area contributed by atoms with Crippen LogP contribution in [0.15, 0.2) is 18.2 Å². The minimum Gasteiger partial charge on any atom is -0.348 e. The Kier molecular flexibility index (Phi) is 4.03. The first-order chi connectivity index (χ1) is 10.9. The molecule has 0 unspecified atom stereocenters. The first-order valence-corrected chi connectivity index (χ1v) is 7.94. The number of nitrogens with zero attached hydrogens (tertiary/aromatic N) is 2. The number of carbonyl (C=O) groups excluding carboxylic acids is 1. The van der Waals surface area contributed by atoms with E-state index in [-0.39, 0.29) is 5.91 Å². The van der Waals surface area contributed by atoms with Gasteiger partial charge < -0.3 is 10.6 Å². The van der Waals surface area contributed by atoms with Gasteiger partial charge in [0.2, 0.25) is 0 Å². The molecule has 0 spiro atoms. The number of rotatable bonds is 4. The molecule has 0 aliphatic heterocycles. The quantitative estimate of drug-likeness (QED) is 0.909. The zero-order valence-electron chi connectivity index (χ0n) is 14.0. The van der Waals surface area contributed by atoms with Crippen LogP contribution in [0.1, 0.15) is 45.8 Å². The summed E-state index contributed by atoms with van der Waals surface area (Å²) in [6, 6.07) is 6.29. The van der Waals surface area contributed by atoms with Gasteiger partial charge in [-0.2, -0.15) is 0 Å². The minimum atomic E-state index is -0.126. The molecule has 0 saturated heterocycles. The summed E-state index contributed by atoms with van der Waals surface area (Å²) >= 11 is 0. The van der Waals surface area contributed by atoms with E-state index in [9.17, 15) is 4.79 Å². The number of anilines is 2. The number of nitrogens with one attached hydrogen (secondary N) is 2. The van der Waals surface area contributed by atoms with Gasteiger partial charge in [-0.25, -0.2) is 9.97 Å². The van der Waals surface area contributed by atoms with E-state index in [1.54, 1.807) is 13.0 Å². The van der Waals surface area contributed by atoms with E-state index in [4.69, 9.17) is 0 Å². The highest BCUT2D eigenvalue weighted by Crippen LogP contribution is 2.25. The van der Waals surface area contributed by atoms with Crippen molar-refractivity contribution in [1.82, 2.24) is 15.3 Å². The van der Waals surface area contributed by atoms with Gasteiger partial charge in [-0.15, -0.1) is 0 Å². The van der Waals surface area contributed by atoms with Crippen molar-refractivity contribution in [3.8, 4) is 0 Å². The van der Waals surface area contributed by atoms with Gasteiger partial charge in [0.05, 0.1) is 0 Å². The molecule has 0 atom stereocenters. The van der Waals surface area contributed by atoms with E-state index in [1.165, 1.54) is 5.56 Å². The Morgan fingerprint density at radius 1 is 1.04 bits per heavy atom. The van der Waals surface area contributed by atoms with Gasteiger partial charge in [-0.3, -0.25) is 4.79 Å². The molecule has 1 fully saturated rings. The van der Waals surface area contributed by atoms with Crippen molar-refractivity contribution in [2.24, 2.45) is 0 Å². The number of amides is 1. The molecule has 2 N–H and O–H groups in total. The zero-order chi connectivity index (χ0) is 16.6. The first-order valence-electron chi connectivity index (χ1n) is 7.94. The van der Waals surface area contributed by atoms with Crippen LogP contribution in [0, 0.1) is 27.7 Å². The average Bonchev–Trinajstić information content (AvgIpc) is 3.26. The van der Waals surface area contributed by atoms with Gasteiger partial charge >= 0.3 is 0 Å². The first kappa shape index (κ1) is 15.5. The molecule has 2 aromatic rings. The number of aromatic nitrogens is 2. The zero-order valence-corrected chi connectivity index (χ0v) is 14.0. The summed E-state index contributed by atoms with van der Waals surface area (Å²) in [4.78, 5) is 20.9. The largest absolute Gasteiger partial charge is 0.348 e. The van der Waals surface area contributed by atoms with Crippen LogP contribution in [0.4, 0.5) is 11.5 Å². The molecule has 0 bridgehead atoms. The Labute approximate surface area is 136 Å². The molecule has 1 saturated carbocycles. The second-order valence-corrected chi connectivity index (χ2v) is 6.33. The van der Waals surface area contributed by atoms with Crippen LogP contribution in [0.25, 0.3) is 0 Å². The number of hydrogen-bond donors (Lipinski definition) is 2. The highest BCUT2D eigenvalue weighted by molar-refractivity contribution is 5.93. The molecule has 1 aromatic carbocycles. The van der Waals surface area contributed by atoms with E-state index in [0.717, 1.165) is 29.7 Å². The van der Waals surface area contributed by atoms with Crippen LogP contribution in [-0.2, 0) is 0 Å². The Hall–Kier alpha value is -2.43. The maximum Gasteiger partial charge on any atom is 0.270 e. The molecule has 23 heavy (non-hydrogen) atoms. The monoisotopic (exact) mass is 310 g/mol. The topological polar surface area (TPSA) is 66.9 Å². The molecule has 1 aliphatic carbocycles. The normalized spacial score (nSPS) is 13.7. The van der Waals surface area contributed by atoms with Crippen molar-refractivity contribution < 1.29 is 4.79 Å². The molecular weight excluding hydrogens is 288 g/mol. The summed E-state index contributed by atoms with van der Waals surface area (Å²) in [5, 5.41) is 6.30. The van der Waals surface area contributed by atoms with Crippen LogP contribution in [0.2, 0.25) is 0 Å². The standard InChI is InChI=1S/C18H22N4O/c1-10-7-11(2)17(12(3)8-10)22-16-9-15(19-13(4)20-16)18(23)21-14-5-6-14/h7-9,14H,5-6H2,1-4H3,(H,21,23)(H,19,20,22). The summed E-state index contributed by atoms with van der Waals surface area (Å²) < 4.78 is 0. The number of hydrogen-bond acceptors (Lipinski definition) is 4. The second-order valence-electron chi connectivity index (χ2n) is 6.33. The van der Waals surface area contributed by atoms with Gasteiger partial charge in [0, 0.05) is 17.8 Å². The molecule has 1 aromatic heterocycles. The van der Waals surface area contributed by atoms with Gasteiger partial charge in [-0.05, 0) is 51.7 Å². The van der Waals surface area contributed by atoms with E-state index >= 15 is 0 Å². The van der Waals surface area contributed by atoms with Crippen LogP contribution < -0.4 is 10.6 Å². The molecule has 120 valence electrons. The van der Waals surface area contributed by atoms with Crippen molar-refractivity contribution in [1.29, 1.82) is 0 Å². The molecule has 1 heterocycles. The Balaban J connectivity index is 1.88. The van der Waals surface area contributed by atoms with Gasteiger partial charge in [0.15, 0.2) is 0 Å². The lowest BCUT2D eigenvalue weighted by atomic mass is 10.1. The molecule has 1 amide bonds. The van der Waals surface area contributed by atoms with Crippen molar-refractivity contribution in [3.63, 3.8) is 0 Å². The maximum absolute atomic E-state index is 12.2. The van der Waals surface area contributed by atoms with E-state index in [2.05, 4.69) is 53.5 Å². The van der Waals surface area contributed by atoms with E-state index in [0.29, 0.717) is 23.4 Å². The molecule has 5 nitrogen and oxygen atoms in total. The predicted octanol–water partition coefficient (Wildman–Crippen LogP) is 3.35.